The first-order valence-corrected chi connectivity index (χ1v) is 7.02. The Balaban J connectivity index is 2.17. The first-order chi connectivity index (χ1) is 10.5. The molecule has 0 aliphatic carbocycles. The zero-order chi connectivity index (χ0) is 16.1. The van der Waals surface area contributed by atoms with E-state index in [1.807, 2.05) is 43.5 Å². The highest BCUT2D eigenvalue weighted by atomic mass is 16.2. The smallest absolute Gasteiger partial charge is 0.316 e. The third-order valence-electron chi connectivity index (χ3n) is 3.24. The molecule has 2 aromatic rings. The van der Waals surface area contributed by atoms with Crippen molar-refractivity contribution in [3.05, 3.63) is 51.7 Å². The maximum atomic E-state index is 12.3. The van der Waals surface area contributed by atoms with Crippen LogP contribution in [0.4, 0.5) is 0 Å². The van der Waals surface area contributed by atoms with Crippen LogP contribution in [0.5, 0.6) is 0 Å². The summed E-state index contributed by atoms with van der Waals surface area (Å²) < 4.78 is 2.45. The normalized spacial score (nSPS) is 10.5. The van der Waals surface area contributed by atoms with Gasteiger partial charge < -0.3 is 5.43 Å². The largest absolute Gasteiger partial charge is 0.365 e. The van der Waals surface area contributed by atoms with Crippen LogP contribution >= 0.6 is 0 Å². The summed E-state index contributed by atoms with van der Waals surface area (Å²) in [5.74, 6) is 5.11. The van der Waals surface area contributed by atoms with Gasteiger partial charge in [0.15, 0.2) is 5.82 Å². The summed E-state index contributed by atoms with van der Waals surface area (Å²) in [4.78, 5) is 23.5. The van der Waals surface area contributed by atoms with Crippen LogP contribution in [0.1, 0.15) is 23.9 Å². The van der Waals surface area contributed by atoms with Gasteiger partial charge in [-0.2, -0.15) is 9.77 Å². The number of aryl methyl sites for hydroxylation is 2. The minimum absolute atomic E-state index is 0.207. The molecule has 1 aromatic heterocycles. The Hall–Kier alpha value is -2.61. The van der Waals surface area contributed by atoms with Gasteiger partial charge in [0.05, 0.1) is 6.54 Å². The Labute approximate surface area is 127 Å². The second kappa shape index (κ2) is 6.90. The molecule has 0 aliphatic heterocycles. The molecule has 8 heteroatoms. The van der Waals surface area contributed by atoms with Gasteiger partial charge in [0.2, 0.25) is 0 Å². The van der Waals surface area contributed by atoms with E-state index in [9.17, 15) is 9.59 Å². The van der Waals surface area contributed by atoms with Crippen molar-refractivity contribution in [3.8, 4) is 0 Å². The van der Waals surface area contributed by atoms with E-state index >= 15 is 0 Å². The molecule has 0 spiro atoms. The highest BCUT2D eigenvalue weighted by Crippen LogP contribution is 2.03. The van der Waals surface area contributed by atoms with E-state index in [1.165, 1.54) is 10.2 Å². The molecule has 0 unspecified atom stereocenters. The fourth-order valence-corrected chi connectivity index (χ4v) is 2.00. The fourth-order valence-electron chi connectivity index (χ4n) is 2.00. The molecule has 0 bridgehead atoms. The first-order valence-electron chi connectivity index (χ1n) is 7.02. The number of hydrogen-bond donors (Lipinski definition) is 3. The summed E-state index contributed by atoms with van der Waals surface area (Å²) in [5, 5.41) is 4.13. The predicted molar refractivity (Wildman–Crippen MR) is 82.4 cm³/mol. The lowest BCUT2D eigenvalue weighted by Crippen LogP contribution is -2.38. The van der Waals surface area contributed by atoms with Gasteiger partial charge in [-0.3, -0.25) is 10.2 Å². The van der Waals surface area contributed by atoms with Crippen molar-refractivity contribution in [1.29, 1.82) is 0 Å². The Morgan fingerprint density at radius 2 is 2.00 bits per heavy atom. The number of nitrogens with two attached hydrogens (primary N) is 1. The van der Waals surface area contributed by atoms with Crippen molar-refractivity contribution < 1.29 is 4.79 Å². The second-order valence-electron chi connectivity index (χ2n) is 4.93. The molecule has 8 nitrogen and oxygen atoms in total. The number of carbonyl (C=O) groups excluding carboxylic acids is 1. The van der Waals surface area contributed by atoms with Crippen LogP contribution in [0.15, 0.2) is 29.1 Å². The summed E-state index contributed by atoms with van der Waals surface area (Å²) in [6, 6.07) is 8.00. The Bertz CT molecular complexity index is 701. The van der Waals surface area contributed by atoms with Crippen molar-refractivity contribution >= 4 is 5.91 Å². The number of rotatable bonds is 6. The standard InChI is InChI=1S/C14H20N6O2/c1-3-12-18-19(9-13(21)17-15)14(22)20(12)16-8-11-6-4-10(2)5-7-11/h4-7,16H,3,8-9,15H2,1-2H3,(H,17,21). The number of nitrogens with one attached hydrogen (secondary N) is 2. The summed E-state index contributed by atoms with van der Waals surface area (Å²) >= 11 is 0. The van der Waals surface area contributed by atoms with Crippen LogP contribution in [-0.2, 0) is 24.3 Å². The van der Waals surface area contributed by atoms with Crippen LogP contribution in [0.25, 0.3) is 0 Å². The minimum atomic E-state index is -0.479. The van der Waals surface area contributed by atoms with Gasteiger partial charge in [-0.05, 0) is 12.5 Å². The lowest BCUT2D eigenvalue weighted by molar-refractivity contribution is -0.121. The maximum Gasteiger partial charge on any atom is 0.365 e. The monoisotopic (exact) mass is 304 g/mol. The molecule has 1 heterocycles. The van der Waals surface area contributed by atoms with Crippen LogP contribution in [0.2, 0.25) is 0 Å². The molecule has 0 fully saturated rings. The van der Waals surface area contributed by atoms with E-state index in [4.69, 9.17) is 5.84 Å². The van der Waals surface area contributed by atoms with E-state index in [-0.39, 0.29) is 6.54 Å². The van der Waals surface area contributed by atoms with Gasteiger partial charge in [0.25, 0.3) is 5.91 Å². The SMILES string of the molecule is CCc1nn(CC(=O)NN)c(=O)n1NCc1ccc(C)cc1. The van der Waals surface area contributed by atoms with E-state index in [1.54, 1.807) is 0 Å². The summed E-state index contributed by atoms with van der Waals surface area (Å²) in [6.45, 7) is 4.19. The fraction of sp³-hybridized carbons (Fsp3) is 0.357. The van der Waals surface area contributed by atoms with Crippen molar-refractivity contribution in [1.82, 2.24) is 19.9 Å². The van der Waals surface area contributed by atoms with Crippen molar-refractivity contribution in [2.75, 3.05) is 5.43 Å². The molecular weight excluding hydrogens is 284 g/mol. The third-order valence-corrected chi connectivity index (χ3v) is 3.24. The van der Waals surface area contributed by atoms with Gasteiger partial charge in [-0.1, -0.05) is 36.8 Å². The van der Waals surface area contributed by atoms with Crippen molar-refractivity contribution in [3.63, 3.8) is 0 Å². The number of carbonyl (C=O) groups is 1. The van der Waals surface area contributed by atoms with Gasteiger partial charge in [-0.25, -0.2) is 15.3 Å². The topological polar surface area (TPSA) is 107 Å². The number of nitrogens with zero attached hydrogens (tertiary/aromatic N) is 3. The predicted octanol–water partition coefficient (Wildman–Crippen LogP) is -0.351. The zero-order valence-corrected chi connectivity index (χ0v) is 12.7. The summed E-state index contributed by atoms with van der Waals surface area (Å²) in [6.07, 6.45) is 0.563. The van der Waals surface area contributed by atoms with E-state index in [0.29, 0.717) is 18.8 Å². The molecule has 1 amide bonds. The molecule has 2 rings (SSSR count). The zero-order valence-electron chi connectivity index (χ0n) is 12.7. The van der Waals surface area contributed by atoms with Crippen LogP contribution in [0, 0.1) is 6.92 Å². The van der Waals surface area contributed by atoms with E-state index in [2.05, 4.69) is 10.5 Å². The average Bonchev–Trinajstić information content (AvgIpc) is 2.82. The average molecular weight is 304 g/mol. The first kappa shape index (κ1) is 15.8. The van der Waals surface area contributed by atoms with Gasteiger partial charge in [0, 0.05) is 6.42 Å². The number of amides is 1. The molecule has 1 aromatic carbocycles. The Morgan fingerprint density at radius 1 is 1.32 bits per heavy atom. The lowest BCUT2D eigenvalue weighted by atomic mass is 10.1. The maximum absolute atomic E-state index is 12.3. The molecule has 0 radical (unpaired) electrons. The summed E-state index contributed by atoms with van der Waals surface area (Å²) in [5.41, 5.74) is 6.85. The number of hydrazine groups is 1. The summed E-state index contributed by atoms with van der Waals surface area (Å²) in [7, 11) is 0. The highest BCUT2D eigenvalue weighted by molar-refractivity contribution is 5.74. The molecule has 0 atom stereocenters. The van der Waals surface area contributed by atoms with Crippen molar-refractivity contribution in [2.45, 2.75) is 33.4 Å². The van der Waals surface area contributed by atoms with Gasteiger partial charge >= 0.3 is 5.69 Å². The van der Waals surface area contributed by atoms with Gasteiger partial charge in [0.1, 0.15) is 6.54 Å². The molecule has 0 aliphatic rings. The molecule has 118 valence electrons. The van der Waals surface area contributed by atoms with E-state index in [0.717, 1.165) is 10.2 Å². The quantitative estimate of drug-likeness (QED) is 0.384. The van der Waals surface area contributed by atoms with Crippen molar-refractivity contribution in [2.24, 2.45) is 5.84 Å². The number of aromatic nitrogens is 3. The molecule has 0 saturated heterocycles. The van der Waals surface area contributed by atoms with Crippen LogP contribution < -0.4 is 22.4 Å². The van der Waals surface area contributed by atoms with Gasteiger partial charge in [-0.15, -0.1) is 0 Å². The Morgan fingerprint density at radius 3 is 2.59 bits per heavy atom. The molecule has 22 heavy (non-hydrogen) atoms. The number of hydrogen-bond acceptors (Lipinski definition) is 5. The second-order valence-corrected chi connectivity index (χ2v) is 4.93. The Kier molecular flexibility index (Phi) is 4.95. The highest BCUT2D eigenvalue weighted by Gasteiger charge is 2.13. The molecule has 4 N–H and O–H groups in total. The van der Waals surface area contributed by atoms with E-state index < -0.39 is 11.6 Å². The third kappa shape index (κ3) is 3.53. The minimum Gasteiger partial charge on any atom is -0.316 e. The molecular formula is C14H20N6O2. The number of benzene rings is 1. The lowest BCUT2D eigenvalue weighted by Gasteiger charge is -2.08. The van der Waals surface area contributed by atoms with Crippen LogP contribution in [-0.4, -0.2) is 20.4 Å². The van der Waals surface area contributed by atoms with Crippen LogP contribution in [0.3, 0.4) is 0 Å². The molecule has 0 saturated carbocycles.